The van der Waals surface area contributed by atoms with E-state index in [0.717, 1.165) is 50.2 Å². The molecule has 1 aromatic rings. The zero-order chi connectivity index (χ0) is 22.4. The number of ether oxygens (including phenoxy) is 2. The lowest BCUT2D eigenvalue weighted by molar-refractivity contribution is -0.140. The number of carbonyl (C=O) groups is 2. The van der Waals surface area contributed by atoms with Crippen LogP contribution in [-0.2, 0) is 27.1 Å². The molecular formula is C23H35N3O5. The van der Waals surface area contributed by atoms with Crippen LogP contribution >= 0.6 is 0 Å². The summed E-state index contributed by atoms with van der Waals surface area (Å²) in [6, 6.07) is 3.32. The summed E-state index contributed by atoms with van der Waals surface area (Å²) in [6.07, 6.45) is 5.95. The Morgan fingerprint density at radius 2 is 2.10 bits per heavy atom. The van der Waals surface area contributed by atoms with E-state index in [9.17, 15) is 14.7 Å². The number of rotatable bonds is 9. The molecule has 1 aliphatic heterocycles. The van der Waals surface area contributed by atoms with Gasteiger partial charge in [0.2, 0.25) is 0 Å². The summed E-state index contributed by atoms with van der Waals surface area (Å²) in [5.41, 5.74) is 1.78. The van der Waals surface area contributed by atoms with Gasteiger partial charge in [0.05, 0.1) is 6.10 Å². The first kappa shape index (κ1) is 23.3. The summed E-state index contributed by atoms with van der Waals surface area (Å²) >= 11 is 0. The van der Waals surface area contributed by atoms with E-state index in [-0.39, 0.29) is 12.5 Å². The molecular weight excluding hydrogens is 398 g/mol. The maximum atomic E-state index is 11.8. The van der Waals surface area contributed by atoms with E-state index >= 15 is 0 Å². The Morgan fingerprint density at radius 3 is 2.81 bits per heavy atom. The van der Waals surface area contributed by atoms with Crippen LogP contribution in [0.4, 0.5) is 10.6 Å². The van der Waals surface area contributed by atoms with Gasteiger partial charge >= 0.3 is 12.1 Å². The monoisotopic (exact) mass is 433 g/mol. The van der Waals surface area contributed by atoms with Gasteiger partial charge in [-0.3, -0.25) is 0 Å². The van der Waals surface area contributed by atoms with Crippen molar-refractivity contribution in [1.29, 1.82) is 0 Å². The first-order chi connectivity index (χ1) is 14.7. The van der Waals surface area contributed by atoms with Gasteiger partial charge in [0.25, 0.3) is 0 Å². The number of amides is 1. The fourth-order valence-electron chi connectivity index (χ4n) is 3.97. The number of carboxylic acids is 1. The van der Waals surface area contributed by atoms with Gasteiger partial charge in [0.1, 0.15) is 17.5 Å². The average molecular weight is 434 g/mol. The number of carbonyl (C=O) groups excluding carboxylic acids is 1. The maximum absolute atomic E-state index is 11.8. The number of hydrogen-bond acceptors (Lipinski definition) is 6. The van der Waals surface area contributed by atoms with Crippen LogP contribution in [0.15, 0.2) is 12.1 Å². The third kappa shape index (κ3) is 7.38. The Morgan fingerprint density at radius 1 is 1.32 bits per heavy atom. The van der Waals surface area contributed by atoms with Crippen molar-refractivity contribution in [1.82, 2.24) is 10.3 Å². The van der Waals surface area contributed by atoms with E-state index in [1.165, 1.54) is 12.0 Å². The number of nitrogens with one attached hydrogen (secondary N) is 2. The lowest BCUT2D eigenvalue weighted by Crippen LogP contribution is -2.44. The number of aromatic nitrogens is 1. The number of nitrogens with zero attached hydrogens (tertiary/aromatic N) is 1. The molecule has 8 heteroatoms. The zero-order valence-electron chi connectivity index (χ0n) is 18.8. The molecule has 0 saturated heterocycles. The smallest absolute Gasteiger partial charge is 0.408 e. The summed E-state index contributed by atoms with van der Waals surface area (Å²) in [5, 5.41) is 15.1. The number of pyridine rings is 1. The molecule has 3 rings (SSSR count). The zero-order valence-corrected chi connectivity index (χ0v) is 18.8. The predicted molar refractivity (Wildman–Crippen MR) is 117 cm³/mol. The van der Waals surface area contributed by atoms with E-state index in [1.807, 2.05) is 0 Å². The molecule has 1 amide bonds. The second kappa shape index (κ2) is 10.3. The summed E-state index contributed by atoms with van der Waals surface area (Å²) in [4.78, 5) is 27.9. The minimum atomic E-state index is -1.09. The van der Waals surface area contributed by atoms with Gasteiger partial charge in [-0.05, 0) is 76.8 Å². The summed E-state index contributed by atoms with van der Waals surface area (Å²) in [6.45, 7) is 6.49. The standard InChI is InChI=1S/C23H35N3O5/c1-23(2,3)31-22(29)26-19(21(27)28)10-12-30-18-13-15(14-18)6-8-17-9-7-16-5-4-11-24-20(16)25-17/h7,9,15,18-19H,4-6,8,10-14H2,1-3H3,(H,24,25)(H,26,29)(H,27,28). The van der Waals surface area contributed by atoms with Crippen LogP contribution in [0.25, 0.3) is 0 Å². The Kier molecular flexibility index (Phi) is 7.75. The summed E-state index contributed by atoms with van der Waals surface area (Å²) in [7, 11) is 0. The highest BCUT2D eigenvalue weighted by Gasteiger charge is 2.30. The maximum Gasteiger partial charge on any atom is 0.408 e. The fraction of sp³-hybridized carbons (Fsp3) is 0.696. The number of carboxylic acid groups (broad SMARTS) is 1. The molecule has 0 aromatic carbocycles. The molecule has 1 aromatic heterocycles. The van der Waals surface area contributed by atoms with Crippen molar-refractivity contribution in [3.63, 3.8) is 0 Å². The average Bonchev–Trinajstić information content (AvgIpc) is 2.66. The minimum absolute atomic E-state index is 0.166. The van der Waals surface area contributed by atoms with Crippen LogP contribution in [-0.4, -0.2) is 53.1 Å². The fourth-order valence-corrected chi connectivity index (χ4v) is 3.97. The Balaban J connectivity index is 1.31. The second-order valence-electron chi connectivity index (χ2n) is 9.54. The largest absolute Gasteiger partial charge is 0.480 e. The Labute approximate surface area is 184 Å². The van der Waals surface area contributed by atoms with Crippen LogP contribution in [0.5, 0.6) is 0 Å². The molecule has 1 atom stereocenters. The van der Waals surface area contributed by atoms with Crippen molar-refractivity contribution >= 4 is 17.9 Å². The van der Waals surface area contributed by atoms with Gasteiger partial charge < -0.3 is 25.2 Å². The Hall–Kier alpha value is -2.35. The molecule has 8 nitrogen and oxygen atoms in total. The van der Waals surface area contributed by atoms with E-state index in [0.29, 0.717) is 12.5 Å². The summed E-state index contributed by atoms with van der Waals surface area (Å²) < 4.78 is 10.9. The molecule has 3 N–H and O–H groups in total. The van der Waals surface area contributed by atoms with Gasteiger partial charge in [-0.15, -0.1) is 0 Å². The first-order valence-electron chi connectivity index (χ1n) is 11.3. The number of anilines is 1. The van der Waals surface area contributed by atoms with Crippen molar-refractivity contribution in [3.05, 3.63) is 23.4 Å². The third-order valence-corrected chi connectivity index (χ3v) is 5.70. The van der Waals surface area contributed by atoms with Gasteiger partial charge in [0, 0.05) is 25.3 Å². The lowest BCUT2D eigenvalue weighted by atomic mass is 9.79. The van der Waals surface area contributed by atoms with Crippen molar-refractivity contribution in [2.75, 3.05) is 18.5 Å². The molecule has 2 heterocycles. The molecule has 31 heavy (non-hydrogen) atoms. The molecule has 0 spiro atoms. The topological polar surface area (TPSA) is 110 Å². The van der Waals surface area contributed by atoms with Gasteiger partial charge in [0.15, 0.2) is 0 Å². The molecule has 172 valence electrons. The molecule has 1 unspecified atom stereocenters. The lowest BCUT2D eigenvalue weighted by Gasteiger charge is -2.35. The van der Waals surface area contributed by atoms with Crippen LogP contribution in [0.1, 0.15) is 64.1 Å². The van der Waals surface area contributed by atoms with Crippen molar-refractivity contribution in [2.45, 2.75) is 83.5 Å². The van der Waals surface area contributed by atoms with E-state index in [4.69, 9.17) is 14.5 Å². The SMILES string of the molecule is CC(C)(C)OC(=O)NC(CCOC1CC(CCc2ccc3c(n2)NCCC3)C1)C(=O)O. The van der Waals surface area contributed by atoms with E-state index < -0.39 is 23.7 Å². The number of aliphatic carboxylic acids is 1. The quantitative estimate of drug-likeness (QED) is 0.546. The number of hydrogen-bond donors (Lipinski definition) is 3. The molecule has 1 fully saturated rings. The minimum Gasteiger partial charge on any atom is -0.480 e. The number of fused-ring (bicyclic) bond motifs is 1. The molecule has 2 aliphatic rings. The second-order valence-corrected chi connectivity index (χ2v) is 9.54. The van der Waals surface area contributed by atoms with Crippen LogP contribution in [0.2, 0.25) is 0 Å². The first-order valence-corrected chi connectivity index (χ1v) is 11.3. The normalized spacial score (nSPS) is 21.3. The highest BCUT2D eigenvalue weighted by atomic mass is 16.6. The Bertz CT molecular complexity index is 771. The molecule has 1 saturated carbocycles. The van der Waals surface area contributed by atoms with Crippen molar-refractivity contribution in [2.24, 2.45) is 5.92 Å². The third-order valence-electron chi connectivity index (χ3n) is 5.70. The highest BCUT2D eigenvalue weighted by Crippen LogP contribution is 2.34. The van der Waals surface area contributed by atoms with Gasteiger partial charge in [-0.2, -0.15) is 0 Å². The van der Waals surface area contributed by atoms with Crippen LogP contribution in [0, 0.1) is 5.92 Å². The van der Waals surface area contributed by atoms with E-state index in [1.54, 1.807) is 20.8 Å². The van der Waals surface area contributed by atoms with Crippen LogP contribution < -0.4 is 10.6 Å². The molecule has 1 aliphatic carbocycles. The predicted octanol–water partition coefficient (Wildman–Crippen LogP) is 3.54. The van der Waals surface area contributed by atoms with Gasteiger partial charge in [-0.25, -0.2) is 14.6 Å². The summed E-state index contributed by atoms with van der Waals surface area (Å²) in [5.74, 6) is 0.575. The van der Waals surface area contributed by atoms with Gasteiger partial charge in [-0.1, -0.05) is 6.07 Å². The van der Waals surface area contributed by atoms with E-state index in [2.05, 4.69) is 22.8 Å². The highest BCUT2D eigenvalue weighted by molar-refractivity contribution is 5.79. The number of aryl methyl sites for hydroxylation is 2. The molecule has 0 bridgehead atoms. The molecule has 0 radical (unpaired) electrons. The van der Waals surface area contributed by atoms with Crippen LogP contribution in [0.3, 0.4) is 0 Å². The number of alkyl carbamates (subject to hydrolysis) is 1. The van der Waals surface area contributed by atoms with Crippen molar-refractivity contribution in [3.8, 4) is 0 Å². The van der Waals surface area contributed by atoms with Crippen molar-refractivity contribution < 1.29 is 24.2 Å².